The van der Waals surface area contributed by atoms with Gasteiger partial charge in [-0.25, -0.2) is 0 Å². The molecular weight excluding hydrogens is 187 g/mol. The van der Waals surface area contributed by atoms with E-state index in [1.54, 1.807) is 0 Å². The van der Waals surface area contributed by atoms with Crippen LogP contribution in [-0.4, -0.2) is 11.6 Å². The van der Waals surface area contributed by atoms with Crippen LogP contribution in [0.3, 0.4) is 0 Å². The molecule has 0 radical (unpaired) electrons. The summed E-state index contributed by atoms with van der Waals surface area (Å²) in [6.45, 7) is 2.02. The zero-order chi connectivity index (χ0) is 8.69. The van der Waals surface area contributed by atoms with Gasteiger partial charge in [0.2, 0.25) is 0 Å². The predicted molar refractivity (Wildman–Crippen MR) is 39.0 cm³/mol. The molecule has 0 atom stereocenters. The minimum absolute atomic E-state index is 0.0460. The van der Waals surface area contributed by atoms with Crippen molar-refractivity contribution in [1.29, 1.82) is 0 Å². The molecule has 0 aliphatic rings. The van der Waals surface area contributed by atoms with Crippen LogP contribution in [0.4, 0.5) is 0 Å². The fraction of sp³-hybridized carbons (Fsp3) is 0.750. The number of ketones is 2. The number of unbranched alkanes of at least 4 members (excludes halogenated alkanes) is 1. The summed E-state index contributed by atoms with van der Waals surface area (Å²) in [5.41, 5.74) is 0. The molecule has 0 N–H and O–H groups in total. The number of carbonyl (C=O) groups excluding carboxylic acids is 2. The third-order valence-corrected chi connectivity index (χ3v) is 1.75. The zero-order valence-corrected chi connectivity index (χ0v) is 7.73. The molecule has 0 aromatic rings. The molecule has 0 saturated heterocycles. The molecule has 66 valence electrons. The van der Waals surface area contributed by atoms with E-state index < -0.39 is 0 Å². The molecule has 0 amide bonds. The van der Waals surface area contributed by atoms with Crippen LogP contribution in [0.15, 0.2) is 0 Å². The molecule has 0 spiro atoms. The Balaban J connectivity index is 3.44. The van der Waals surface area contributed by atoms with E-state index in [4.69, 9.17) is 0 Å². The van der Waals surface area contributed by atoms with Crippen LogP contribution < -0.4 is 0 Å². The van der Waals surface area contributed by atoms with Crippen LogP contribution in [0.5, 0.6) is 0 Å². The van der Waals surface area contributed by atoms with Crippen LogP contribution >= 0.6 is 0 Å². The molecule has 0 unspecified atom stereocenters. The van der Waals surface area contributed by atoms with E-state index in [1.165, 1.54) is 0 Å². The second-order valence-corrected chi connectivity index (χ2v) is 2.84. The Morgan fingerprint density at radius 1 is 1.27 bits per heavy atom. The molecular formula is C8H13CoO2. The molecule has 0 fully saturated rings. The molecule has 3 heteroatoms. The fourth-order valence-electron chi connectivity index (χ4n) is 0.724. The van der Waals surface area contributed by atoms with Crippen LogP contribution in [0.25, 0.3) is 0 Å². The first-order valence-electron chi connectivity index (χ1n) is 3.77. The van der Waals surface area contributed by atoms with Gasteiger partial charge in [0, 0.05) is 0 Å². The van der Waals surface area contributed by atoms with Crippen molar-refractivity contribution in [3.05, 3.63) is 0 Å². The molecule has 0 saturated carbocycles. The normalized spacial score (nSPS) is 9.73. The average molecular weight is 200 g/mol. The average Bonchev–Trinajstić information content (AvgIpc) is 2.00. The second-order valence-electron chi connectivity index (χ2n) is 2.48. The summed E-state index contributed by atoms with van der Waals surface area (Å²) in [7, 11) is 0. The maximum atomic E-state index is 10.9. The van der Waals surface area contributed by atoms with Crippen LogP contribution in [0.1, 0.15) is 32.6 Å². The zero-order valence-electron chi connectivity index (χ0n) is 6.69. The first-order chi connectivity index (χ1) is 5.20. The summed E-state index contributed by atoms with van der Waals surface area (Å²) in [6, 6.07) is 0. The van der Waals surface area contributed by atoms with Crippen molar-refractivity contribution in [3.8, 4) is 0 Å². The summed E-state index contributed by atoms with van der Waals surface area (Å²) in [5, 5.41) is 0.171. The van der Waals surface area contributed by atoms with E-state index in [0.717, 1.165) is 12.8 Å². The van der Waals surface area contributed by atoms with Crippen LogP contribution in [-0.2, 0) is 25.3 Å². The Hall–Kier alpha value is -0.154. The van der Waals surface area contributed by atoms with Gasteiger partial charge < -0.3 is 0 Å². The molecule has 11 heavy (non-hydrogen) atoms. The Kier molecular flexibility index (Phi) is 6.46. The molecule has 2 nitrogen and oxygen atoms in total. The number of hydrogen-bond acceptors (Lipinski definition) is 2. The fourth-order valence-corrected chi connectivity index (χ4v) is 0.854. The van der Waals surface area contributed by atoms with Gasteiger partial charge in [-0.1, -0.05) is 0 Å². The third kappa shape index (κ3) is 6.25. The maximum absolute atomic E-state index is 10.9. The monoisotopic (exact) mass is 200 g/mol. The van der Waals surface area contributed by atoms with E-state index >= 15 is 0 Å². The summed E-state index contributed by atoms with van der Waals surface area (Å²) >= 11 is 3.82. The Bertz CT molecular complexity index is 143. The molecule has 0 aromatic heterocycles. The summed E-state index contributed by atoms with van der Waals surface area (Å²) < 4.78 is 0. The third-order valence-electron chi connectivity index (χ3n) is 1.33. The van der Waals surface area contributed by atoms with Crippen molar-refractivity contribution < 1.29 is 25.3 Å². The molecule has 0 rings (SSSR count). The molecule has 0 heterocycles. The molecule has 0 bridgehead atoms. The van der Waals surface area contributed by atoms with E-state index in [-0.39, 0.29) is 23.3 Å². The first kappa shape index (κ1) is 10.8. The van der Waals surface area contributed by atoms with Crippen molar-refractivity contribution in [3.63, 3.8) is 0 Å². The predicted octanol–water partition coefficient (Wildman–Crippen LogP) is 1.67. The second kappa shape index (κ2) is 6.55. The van der Waals surface area contributed by atoms with Gasteiger partial charge in [0.05, 0.1) is 0 Å². The summed E-state index contributed by atoms with van der Waals surface area (Å²) in [4.78, 5) is 21.6. The van der Waals surface area contributed by atoms with Gasteiger partial charge in [0.25, 0.3) is 0 Å². The van der Waals surface area contributed by atoms with Crippen molar-refractivity contribution in [2.24, 2.45) is 0 Å². The quantitative estimate of drug-likeness (QED) is 0.611. The number of hydrogen-bond donors (Lipinski definition) is 0. The van der Waals surface area contributed by atoms with Gasteiger partial charge in [-0.3, -0.25) is 0 Å². The topological polar surface area (TPSA) is 34.1 Å². The van der Waals surface area contributed by atoms with Gasteiger partial charge >= 0.3 is 74.9 Å². The minimum atomic E-state index is -0.0777. The van der Waals surface area contributed by atoms with Crippen LogP contribution in [0.2, 0.25) is 5.36 Å². The number of rotatable bonds is 6. The van der Waals surface area contributed by atoms with Crippen molar-refractivity contribution in [2.45, 2.75) is 38.0 Å². The Morgan fingerprint density at radius 3 is 2.36 bits per heavy atom. The summed E-state index contributed by atoms with van der Waals surface area (Å²) in [6.07, 6.45) is 2.50. The van der Waals surface area contributed by atoms with E-state index in [0.29, 0.717) is 6.42 Å². The Morgan fingerprint density at radius 2 is 1.91 bits per heavy atom. The van der Waals surface area contributed by atoms with Gasteiger partial charge in [-0.15, -0.1) is 0 Å². The first-order valence-corrected chi connectivity index (χ1v) is 4.50. The van der Waals surface area contributed by atoms with Gasteiger partial charge in [0.15, 0.2) is 0 Å². The van der Waals surface area contributed by atoms with Crippen molar-refractivity contribution >= 4 is 11.6 Å². The van der Waals surface area contributed by atoms with E-state index in [1.807, 2.05) is 6.92 Å². The number of Topliss-reactive ketones (excluding diaryl/α,β-unsaturated/α-hetero) is 2. The molecule has 0 aromatic carbocycles. The van der Waals surface area contributed by atoms with Gasteiger partial charge in [0.1, 0.15) is 0 Å². The van der Waals surface area contributed by atoms with E-state index in [9.17, 15) is 9.59 Å². The van der Waals surface area contributed by atoms with Crippen molar-refractivity contribution in [1.82, 2.24) is 0 Å². The Labute approximate surface area is 75.3 Å². The van der Waals surface area contributed by atoms with E-state index in [2.05, 4.69) is 15.7 Å². The van der Waals surface area contributed by atoms with Crippen LogP contribution in [0, 0.1) is 0 Å². The van der Waals surface area contributed by atoms with Gasteiger partial charge in [-0.2, -0.15) is 0 Å². The molecule has 0 aliphatic carbocycles. The standard InChI is InChI=1S/C8H13O2.Co/c1-3-4-5-8(10)6-7(2)9;/h2-6H2,1H3;. The number of carbonyl (C=O) groups is 2. The SMILES string of the molecule is CCCCC(=O)CC(=O)[CH2][Co]. The van der Waals surface area contributed by atoms with Gasteiger partial charge in [-0.05, 0) is 0 Å². The molecule has 0 aliphatic heterocycles. The van der Waals surface area contributed by atoms with Crippen molar-refractivity contribution in [2.75, 3.05) is 0 Å². The summed E-state index contributed by atoms with van der Waals surface area (Å²) in [5.74, 6) is -0.0317.